The summed E-state index contributed by atoms with van der Waals surface area (Å²) in [6.07, 6.45) is 0. The van der Waals surface area contributed by atoms with Crippen molar-refractivity contribution in [2.24, 2.45) is 0 Å². The fourth-order valence-corrected chi connectivity index (χ4v) is 1.96. The van der Waals surface area contributed by atoms with Crippen molar-refractivity contribution in [2.75, 3.05) is 18.4 Å². The van der Waals surface area contributed by atoms with E-state index in [1.165, 1.54) is 6.07 Å². The third-order valence-electron chi connectivity index (χ3n) is 2.87. The average Bonchev–Trinajstić information content (AvgIpc) is 2.42. The molecule has 2 aromatic rings. The van der Waals surface area contributed by atoms with Crippen LogP contribution in [0.3, 0.4) is 0 Å². The van der Waals surface area contributed by atoms with Crippen LogP contribution in [0.15, 0.2) is 24.3 Å². The second-order valence-corrected chi connectivity index (χ2v) is 4.75. The third kappa shape index (κ3) is 3.97. The maximum Gasteiger partial charge on any atom is 0.257 e. The van der Waals surface area contributed by atoms with Crippen LogP contribution in [0.2, 0.25) is 0 Å². The smallest absolute Gasteiger partial charge is 0.257 e. The van der Waals surface area contributed by atoms with E-state index in [1.807, 2.05) is 19.9 Å². The summed E-state index contributed by atoms with van der Waals surface area (Å²) in [6.45, 7) is 4.22. The molecule has 1 heterocycles. The van der Waals surface area contributed by atoms with Crippen molar-refractivity contribution >= 4 is 11.9 Å². The molecule has 0 spiro atoms. The molecule has 1 aromatic carbocycles. The summed E-state index contributed by atoms with van der Waals surface area (Å²) in [6, 6.07) is 5.13. The van der Waals surface area contributed by atoms with E-state index in [0.29, 0.717) is 12.5 Å². The first kappa shape index (κ1) is 15.8. The molecule has 0 fully saturated rings. The normalized spacial score (nSPS) is 10.4. The van der Waals surface area contributed by atoms with Crippen molar-refractivity contribution in [1.29, 1.82) is 0 Å². The van der Waals surface area contributed by atoms with Crippen molar-refractivity contribution in [3.8, 4) is 0 Å². The van der Waals surface area contributed by atoms with Crippen molar-refractivity contribution < 1.29 is 13.6 Å². The lowest BCUT2D eigenvalue weighted by atomic mass is 10.2. The van der Waals surface area contributed by atoms with E-state index in [1.54, 1.807) is 0 Å². The van der Waals surface area contributed by atoms with Gasteiger partial charge in [-0.2, -0.15) is 0 Å². The van der Waals surface area contributed by atoms with Gasteiger partial charge in [-0.25, -0.2) is 18.7 Å². The molecule has 0 atom stereocenters. The minimum Gasteiger partial charge on any atom is -0.352 e. The van der Waals surface area contributed by atoms with Crippen LogP contribution in [0, 0.1) is 25.5 Å². The number of amides is 1. The molecule has 0 unspecified atom stereocenters. The van der Waals surface area contributed by atoms with Crippen LogP contribution in [0.25, 0.3) is 0 Å². The Hall–Kier alpha value is -2.57. The van der Waals surface area contributed by atoms with E-state index in [2.05, 4.69) is 20.6 Å². The van der Waals surface area contributed by atoms with Crippen molar-refractivity contribution in [1.82, 2.24) is 15.3 Å². The third-order valence-corrected chi connectivity index (χ3v) is 2.87. The summed E-state index contributed by atoms with van der Waals surface area (Å²) in [4.78, 5) is 20.1. The Morgan fingerprint density at radius 2 is 1.68 bits per heavy atom. The number of carbonyl (C=O) groups is 1. The maximum absolute atomic E-state index is 13.4. The van der Waals surface area contributed by atoms with Gasteiger partial charge in [0, 0.05) is 24.5 Å². The average molecular weight is 306 g/mol. The van der Waals surface area contributed by atoms with Gasteiger partial charge in [0.05, 0.1) is 0 Å². The van der Waals surface area contributed by atoms with Crippen LogP contribution < -0.4 is 10.6 Å². The van der Waals surface area contributed by atoms with Crippen LogP contribution in [0.4, 0.5) is 14.7 Å². The molecule has 2 N–H and O–H groups in total. The van der Waals surface area contributed by atoms with Crippen LogP contribution in [0.1, 0.15) is 21.7 Å². The first-order valence-corrected chi connectivity index (χ1v) is 6.75. The van der Waals surface area contributed by atoms with Gasteiger partial charge in [0.2, 0.25) is 5.95 Å². The molecule has 0 radical (unpaired) electrons. The molecule has 116 valence electrons. The van der Waals surface area contributed by atoms with Gasteiger partial charge in [-0.1, -0.05) is 6.07 Å². The number of rotatable bonds is 5. The molecule has 1 amide bonds. The molecule has 1 aromatic heterocycles. The lowest BCUT2D eigenvalue weighted by Gasteiger charge is -2.09. The number of hydrogen-bond donors (Lipinski definition) is 2. The highest BCUT2D eigenvalue weighted by molar-refractivity contribution is 5.94. The number of carbonyl (C=O) groups excluding carboxylic acids is 1. The number of nitrogens with zero attached hydrogens (tertiary/aromatic N) is 2. The SMILES string of the molecule is Cc1cc(C)nc(NCCNC(=O)c2c(F)cccc2F)n1. The zero-order valence-electron chi connectivity index (χ0n) is 12.3. The van der Waals surface area contributed by atoms with Gasteiger partial charge in [0.1, 0.15) is 17.2 Å². The lowest BCUT2D eigenvalue weighted by Crippen LogP contribution is -2.30. The van der Waals surface area contributed by atoms with Gasteiger partial charge in [-0.3, -0.25) is 4.79 Å². The number of benzene rings is 1. The van der Waals surface area contributed by atoms with Gasteiger partial charge in [-0.05, 0) is 32.0 Å². The summed E-state index contributed by atoms with van der Waals surface area (Å²) in [7, 11) is 0. The summed E-state index contributed by atoms with van der Waals surface area (Å²) in [5.74, 6) is -2.12. The molecule has 22 heavy (non-hydrogen) atoms. The first-order valence-electron chi connectivity index (χ1n) is 6.75. The Kier molecular flexibility index (Phi) is 4.98. The fraction of sp³-hybridized carbons (Fsp3) is 0.267. The highest BCUT2D eigenvalue weighted by Gasteiger charge is 2.16. The summed E-state index contributed by atoms with van der Waals surface area (Å²) >= 11 is 0. The zero-order valence-corrected chi connectivity index (χ0v) is 12.3. The molecule has 0 bridgehead atoms. The number of aryl methyl sites for hydroxylation is 2. The van der Waals surface area contributed by atoms with Gasteiger partial charge >= 0.3 is 0 Å². The minimum absolute atomic E-state index is 0.183. The number of halogens is 2. The Morgan fingerprint density at radius 1 is 1.09 bits per heavy atom. The second-order valence-electron chi connectivity index (χ2n) is 4.75. The standard InChI is InChI=1S/C15H16F2N4O/c1-9-8-10(2)21-15(20-9)19-7-6-18-14(22)13-11(16)4-3-5-12(13)17/h3-5,8H,6-7H2,1-2H3,(H,18,22)(H,19,20,21). The molecule has 5 nitrogen and oxygen atoms in total. The first-order chi connectivity index (χ1) is 10.5. The molecular formula is C15H16F2N4O. The van der Waals surface area contributed by atoms with Crippen LogP contribution in [-0.2, 0) is 0 Å². The largest absolute Gasteiger partial charge is 0.352 e. The van der Waals surface area contributed by atoms with Crippen LogP contribution >= 0.6 is 0 Å². The predicted molar refractivity (Wildman–Crippen MR) is 78.7 cm³/mol. The predicted octanol–water partition coefficient (Wildman–Crippen LogP) is 2.21. The van der Waals surface area contributed by atoms with E-state index in [9.17, 15) is 13.6 Å². The Morgan fingerprint density at radius 3 is 2.27 bits per heavy atom. The maximum atomic E-state index is 13.4. The lowest BCUT2D eigenvalue weighted by molar-refractivity contribution is 0.0946. The molecule has 2 rings (SSSR count). The summed E-state index contributed by atoms with van der Waals surface area (Å²) < 4.78 is 26.9. The Labute approximate surface area is 126 Å². The quantitative estimate of drug-likeness (QED) is 0.831. The molecular weight excluding hydrogens is 290 g/mol. The van der Waals surface area contributed by atoms with Crippen molar-refractivity contribution in [2.45, 2.75) is 13.8 Å². The minimum atomic E-state index is -0.886. The topological polar surface area (TPSA) is 66.9 Å². The summed E-state index contributed by atoms with van der Waals surface area (Å²) in [5, 5.41) is 5.38. The van der Waals surface area contributed by atoms with Crippen molar-refractivity contribution in [3.05, 3.63) is 52.9 Å². The Bertz CT molecular complexity index is 651. The Balaban J connectivity index is 1.87. The van der Waals surface area contributed by atoms with E-state index in [-0.39, 0.29) is 6.54 Å². The second kappa shape index (κ2) is 6.93. The van der Waals surface area contributed by atoms with Gasteiger partial charge in [0.15, 0.2) is 0 Å². The molecule has 0 aliphatic rings. The van der Waals surface area contributed by atoms with E-state index in [0.717, 1.165) is 23.5 Å². The number of anilines is 1. The molecule has 7 heteroatoms. The van der Waals surface area contributed by atoms with E-state index < -0.39 is 23.1 Å². The molecule has 0 saturated heterocycles. The monoisotopic (exact) mass is 306 g/mol. The van der Waals surface area contributed by atoms with Crippen LogP contribution in [0.5, 0.6) is 0 Å². The van der Waals surface area contributed by atoms with Crippen LogP contribution in [-0.4, -0.2) is 29.0 Å². The fourth-order valence-electron chi connectivity index (χ4n) is 1.96. The zero-order chi connectivity index (χ0) is 16.1. The molecule has 0 aliphatic heterocycles. The summed E-state index contributed by atoms with van der Waals surface area (Å²) in [5.41, 5.74) is 1.07. The molecule has 0 aliphatic carbocycles. The van der Waals surface area contributed by atoms with Gasteiger partial charge in [0.25, 0.3) is 5.91 Å². The van der Waals surface area contributed by atoms with E-state index in [4.69, 9.17) is 0 Å². The number of nitrogens with one attached hydrogen (secondary N) is 2. The number of aromatic nitrogens is 2. The van der Waals surface area contributed by atoms with Crippen molar-refractivity contribution in [3.63, 3.8) is 0 Å². The highest BCUT2D eigenvalue weighted by atomic mass is 19.1. The van der Waals surface area contributed by atoms with E-state index >= 15 is 0 Å². The number of hydrogen-bond acceptors (Lipinski definition) is 4. The van der Waals surface area contributed by atoms with Gasteiger partial charge in [-0.15, -0.1) is 0 Å². The molecule has 0 saturated carbocycles. The van der Waals surface area contributed by atoms with Gasteiger partial charge < -0.3 is 10.6 Å². The highest BCUT2D eigenvalue weighted by Crippen LogP contribution is 2.11.